The lowest BCUT2D eigenvalue weighted by Crippen LogP contribution is -2.11. The van der Waals surface area contributed by atoms with E-state index in [4.69, 9.17) is 6.42 Å². The van der Waals surface area contributed by atoms with Crippen molar-refractivity contribution < 1.29 is 0 Å². The van der Waals surface area contributed by atoms with Gasteiger partial charge in [0.2, 0.25) is 0 Å². The van der Waals surface area contributed by atoms with Crippen molar-refractivity contribution in [2.75, 3.05) is 5.32 Å². The van der Waals surface area contributed by atoms with Crippen molar-refractivity contribution >= 4 is 5.69 Å². The zero-order valence-electron chi connectivity index (χ0n) is 6.54. The predicted octanol–water partition coefficient (Wildman–Crippen LogP) is 2.12. The van der Waals surface area contributed by atoms with E-state index in [2.05, 4.69) is 11.2 Å². The SMILES string of the molecule is C#CC(C)Nc1ccccc1. The van der Waals surface area contributed by atoms with Crippen LogP contribution in [0.25, 0.3) is 0 Å². The lowest BCUT2D eigenvalue weighted by Gasteiger charge is -2.07. The molecule has 0 amide bonds. The van der Waals surface area contributed by atoms with E-state index >= 15 is 0 Å². The highest BCUT2D eigenvalue weighted by atomic mass is 14.9. The van der Waals surface area contributed by atoms with Gasteiger partial charge in [0.1, 0.15) is 0 Å². The van der Waals surface area contributed by atoms with Crippen molar-refractivity contribution in [1.29, 1.82) is 0 Å². The van der Waals surface area contributed by atoms with E-state index in [1.54, 1.807) is 0 Å². The Balaban J connectivity index is 2.60. The molecule has 0 spiro atoms. The van der Waals surface area contributed by atoms with E-state index < -0.39 is 0 Å². The molecular formula is C10H11N. The number of benzene rings is 1. The molecule has 1 aromatic rings. The summed E-state index contributed by atoms with van der Waals surface area (Å²) in [5, 5.41) is 3.16. The lowest BCUT2D eigenvalue weighted by atomic mass is 10.3. The first-order valence-electron chi connectivity index (χ1n) is 3.60. The minimum absolute atomic E-state index is 0.0948. The summed E-state index contributed by atoms with van der Waals surface area (Å²) in [5.74, 6) is 2.60. The van der Waals surface area contributed by atoms with Crippen LogP contribution in [0.5, 0.6) is 0 Å². The van der Waals surface area contributed by atoms with Gasteiger partial charge >= 0.3 is 0 Å². The van der Waals surface area contributed by atoms with E-state index in [0.29, 0.717) is 0 Å². The molecule has 0 heterocycles. The Labute approximate surface area is 67.4 Å². The summed E-state index contributed by atoms with van der Waals surface area (Å²) in [7, 11) is 0. The molecular weight excluding hydrogens is 134 g/mol. The minimum Gasteiger partial charge on any atom is -0.372 e. The van der Waals surface area contributed by atoms with E-state index in [-0.39, 0.29) is 6.04 Å². The summed E-state index contributed by atoms with van der Waals surface area (Å²) in [6.45, 7) is 1.95. The fourth-order valence-corrected chi connectivity index (χ4v) is 0.826. The molecule has 0 saturated carbocycles. The number of anilines is 1. The lowest BCUT2D eigenvalue weighted by molar-refractivity contribution is 1.04. The molecule has 0 radical (unpaired) electrons. The van der Waals surface area contributed by atoms with Crippen LogP contribution in [0, 0.1) is 12.3 Å². The summed E-state index contributed by atoms with van der Waals surface area (Å²) in [4.78, 5) is 0. The molecule has 1 unspecified atom stereocenters. The van der Waals surface area contributed by atoms with Crippen LogP contribution < -0.4 is 5.32 Å². The van der Waals surface area contributed by atoms with Crippen molar-refractivity contribution in [1.82, 2.24) is 0 Å². The van der Waals surface area contributed by atoms with Crippen molar-refractivity contribution in [3.63, 3.8) is 0 Å². The number of hydrogen-bond acceptors (Lipinski definition) is 1. The second-order valence-corrected chi connectivity index (χ2v) is 2.40. The van der Waals surface area contributed by atoms with Gasteiger partial charge in [-0.15, -0.1) is 6.42 Å². The van der Waals surface area contributed by atoms with Crippen LogP contribution in [-0.2, 0) is 0 Å². The van der Waals surface area contributed by atoms with Gasteiger partial charge in [-0.3, -0.25) is 0 Å². The third-order valence-corrected chi connectivity index (χ3v) is 1.41. The number of rotatable bonds is 2. The Kier molecular flexibility index (Phi) is 2.57. The van der Waals surface area contributed by atoms with Crippen molar-refractivity contribution in [2.45, 2.75) is 13.0 Å². The van der Waals surface area contributed by atoms with Crippen LogP contribution in [0.1, 0.15) is 6.92 Å². The number of hydrogen-bond donors (Lipinski definition) is 1. The Morgan fingerprint density at radius 2 is 2.00 bits per heavy atom. The monoisotopic (exact) mass is 145 g/mol. The molecule has 0 aliphatic carbocycles. The fourth-order valence-electron chi connectivity index (χ4n) is 0.826. The Hall–Kier alpha value is -1.42. The summed E-state index contributed by atoms with van der Waals surface area (Å²) in [5.41, 5.74) is 1.07. The van der Waals surface area contributed by atoms with Crippen LogP contribution in [-0.4, -0.2) is 6.04 Å². The Morgan fingerprint density at radius 1 is 1.36 bits per heavy atom. The van der Waals surface area contributed by atoms with Gasteiger partial charge in [-0.05, 0) is 19.1 Å². The smallest absolute Gasteiger partial charge is 0.0845 e. The fraction of sp³-hybridized carbons (Fsp3) is 0.200. The van der Waals surface area contributed by atoms with Gasteiger partial charge in [0.05, 0.1) is 6.04 Å². The van der Waals surface area contributed by atoms with Crippen LogP contribution in [0.2, 0.25) is 0 Å². The van der Waals surface area contributed by atoms with Gasteiger partial charge in [0, 0.05) is 5.69 Å². The minimum atomic E-state index is 0.0948. The Bertz CT molecular complexity index is 245. The zero-order chi connectivity index (χ0) is 8.10. The standard InChI is InChI=1S/C10H11N/c1-3-9(2)11-10-7-5-4-6-8-10/h1,4-9,11H,2H3. The largest absolute Gasteiger partial charge is 0.372 e. The van der Waals surface area contributed by atoms with Gasteiger partial charge in [-0.1, -0.05) is 24.1 Å². The molecule has 56 valence electrons. The number of nitrogens with one attached hydrogen (secondary N) is 1. The normalized spacial score (nSPS) is 11.6. The van der Waals surface area contributed by atoms with Gasteiger partial charge < -0.3 is 5.32 Å². The molecule has 11 heavy (non-hydrogen) atoms. The first-order valence-corrected chi connectivity index (χ1v) is 3.60. The van der Waals surface area contributed by atoms with Gasteiger partial charge in [-0.2, -0.15) is 0 Å². The van der Waals surface area contributed by atoms with Crippen molar-refractivity contribution in [3.05, 3.63) is 30.3 Å². The first-order chi connectivity index (χ1) is 5.33. The molecule has 1 nitrogen and oxygen atoms in total. The summed E-state index contributed by atoms with van der Waals surface area (Å²) in [6, 6.07) is 10.0. The van der Waals surface area contributed by atoms with Crippen molar-refractivity contribution in [3.8, 4) is 12.3 Å². The van der Waals surface area contributed by atoms with Gasteiger partial charge in [-0.25, -0.2) is 0 Å². The quantitative estimate of drug-likeness (QED) is 0.628. The highest BCUT2D eigenvalue weighted by Crippen LogP contribution is 2.05. The average molecular weight is 145 g/mol. The molecule has 1 atom stereocenters. The maximum Gasteiger partial charge on any atom is 0.0845 e. The molecule has 0 saturated heterocycles. The van der Waals surface area contributed by atoms with Crippen LogP contribution in [0.4, 0.5) is 5.69 Å². The zero-order valence-corrected chi connectivity index (χ0v) is 6.54. The first kappa shape index (κ1) is 7.68. The summed E-state index contributed by atoms with van der Waals surface area (Å²) in [6.07, 6.45) is 5.21. The third-order valence-electron chi connectivity index (χ3n) is 1.41. The Morgan fingerprint density at radius 3 is 2.55 bits per heavy atom. The van der Waals surface area contributed by atoms with E-state index in [1.165, 1.54) is 0 Å². The highest BCUT2D eigenvalue weighted by molar-refractivity contribution is 5.44. The van der Waals surface area contributed by atoms with Crippen molar-refractivity contribution in [2.24, 2.45) is 0 Å². The molecule has 0 aliphatic rings. The molecule has 1 rings (SSSR count). The van der Waals surface area contributed by atoms with E-state index in [0.717, 1.165) is 5.69 Å². The van der Waals surface area contributed by atoms with E-state index in [9.17, 15) is 0 Å². The highest BCUT2D eigenvalue weighted by Gasteiger charge is 1.93. The average Bonchev–Trinajstić information content (AvgIpc) is 2.06. The second-order valence-electron chi connectivity index (χ2n) is 2.40. The maximum absolute atomic E-state index is 5.21. The van der Waals surface area contributed by atoms with Crippen LogP contribution >= 0.6 is 0 Å². The molecule has 0 fully saturated rings. The molecule has 1 N–H and O–H groups in total. The molecule has 1 aromatic carbocycles. The molecule has 0 aliphatic heterocycles. The molecule has 0 bridgehead atoms. The van der Waals surface area contributed by atoms with Crippen LogP contribution in [0.15, 0.2) is 30.3 Å². The second kappa shape index (κ2) is 3.68. The van der Waals surface area contributed by atoms with E-state index in [1.807, 2.05) is 37.3 Å². The topological polar surface area (TPSA) is 12.0 Å². The predicted molar refractivity (Wildman–Crippen MR) is 48.4 cm³/mol. The van der Waals surface area contributed by atoms with Gasteiger partial charge in [0.15, 0.2) is 0 Å². The molecule has 0 aromatic heterocycles. The number of terminal acetylenes is 1. The van der Waals surface area contributed by atoms with Gasteiger partial charge in [0.25, 0.3) is 0 Å². The number of para-hydroxylation sites is 1. The third kappa shape index (κ3) is 2.35. The summed E-state index contributed by atoms with van der Waals surface area (Å²) < 4.78 is 0. The summed E-state index contributed by atoms with van der Waals surface area (Å²) >= 11 is 0. The van der Waals surface area contributed by atoms with Crippen LogP contribution in [0.3, 0.4) is 0 Å². The maximum atomic E-state index is 5.21. The molecule has 1 heteroatoms.